The molecule has 2 aliphatic heterocycles. The van der Waals surface area contributed by atoms with Crippen molar-refractivity contribution in [2.75, 3.05) is 39.3 Å². The molecule has 0 spiro atoms. The maximum absolute atomic E-state index is 13.3. The average Bonchev–Trinajstić information content (AvgIpc) is 3.63. The molecule has 2 unspecified atom stereocenters. The van der Waals surface area contributed by atoms with Crippen LogP contribution in [-0.2, 0) is 19.6 Å². The lowest BCUT2D eigenvalue weighted by atomic mass is 10.1. The fourth-order valence-electron chi connectivity index (χ4n) is 5.33. The number of rotatable bonds is 12. The smallest absolute Gasteiger partial charge is 0.250 e. The molecular weight excluding hydrogens is 564 g/mol. The van der Waals surface area contributed by atoms with E-state index in [-0.39, 0.29) is 28.6 Å². The Morgan fingerprint density at radius 3 is 2.42 bits per heavy atom. The monoisotopic (exact) mass is 600 g/mol. The zero-order valence-corrected chi connectivity index (χ0v) is 25.2. The Bertz CT molecular complexity index is 1210. The van der Waals surface area contributed by atoms with Crippen LogP contribution in [0.1, 0.15) is 52.4 Å². The van der Waals surface area contributed by atoms with Gasteiger partial charge in [0.2, 0.25) is 11.8 Å². The summed E-state index contributed by atoms with van der Waals surface area (Å²) in [4.78, 5) is 34.1. The largest absolute Gasteiger partial charge is 0.337 e. The molecule has 0 aliphatic carbocycles. The molecule has 210 valence electrons. The third-order valence-corrected chi connectivity index (χ3v) is 11.5. The lowest BCUT2D eigenvalue weighted by molar-refractivity contribution is -0.143. The van der Waals surface area contributed by atoms with Gasteiger partial charge in [-0.3, -0.25) is 9.59 Å². The number of hydrogen-bond acceptors (Lipinski definition) is 7. The van der Waals surface area contributed by atoms with E-state index in [1.165, 1.54) is 16.2 Å². The minimum absolute atomic E-state index is 0.00258. The summed E-state index contributed by atoms with van der Waals surface area (Å²) in [6.07, 6.45) is 5.16. The molecule has 2 aromatic heterocycles. The topological polar surface area (TPSA) is 90.0 Å². The number of amides is 2. The number of likely N-dealkylation sites (tertiary alicyclic amines) is 2. The Balaban J connectivity index is 1.37. The fraction of sp³-hybridized carbons (Fsp3) is 0.615. The SMILES string of the molecule is CCCN(CCC)CC1CCCN1C(=O)CN1CCCC(NS(=O)(=O)c2ccc(-c3ccc(Cl)s3)s2)C1=O. The molecule has 0 saturated carbocycles. The molecule has 1 N–H and O–H groups in total. The number of hydrogen-bond donors (Lipinski definition) is 1. The molecule has 2 fully saturated rings. The van der Waals surface area contributed by atoms with Crippen LogP contribution >= 0.6 is 34.3 Å². The van der Waals surface area contributed by atoms with Crippen molar-refractivity contribution >= 4 is 56.1 Å². The maximum Gasteiger partial charge on any atom is 0.250 e. The van der Waals surface area contributed by atoms with Crippen molar-refractivity contribution in [3.8, 4) is 9.75 Å². The molecule has 2 aromatic rings. The van der Waals surface area contributed by atoms with Gasteiger partial charge in [-0.2, -0.15) is 4.72 Å². The predicted molar refractivity (Wildman–Crippen MR) is 154 cm³/mol. The summed E-state index contributed by atoms with van der Waals surface area (Å²) in [5.74, 6) is -0.376. The Hall–Kier alpha value is -1.50. The highest BCUT2D eigenvalue weighted by molar-refractivity contribution is 7.91. The molecule has 2 saturated heterocycles. The lowest BCUT2D eigenvalue weighted by Crippen LogP contribution is -2.55. The highest BCUT2D eigenvalue weighted by Gasteiger charge is 2.36. The molecule has 4 rings (SSSR count). The fourth-order valence-corrected chi connectivity index (χ4v) is 9.01. The van der Waals surface area contributed by atoms with Crippen molar-refractivity contribution in [2.45, 2.75) is 68.7 Å². The van der Waals surface area contributed by atoms with Crippen LogP contribution < -0.4 is 4.72 Å². The second-order valence-corrected chi connectivity index (χ2v) is 14.7. The standard InChI is InChI=1S/C26H37ClN4O4S3/c1-3-13-29(14-4-2)17-19-7-5-16-31(19)24(32)18-30-15-6-8-20(26(30)33)28-38(34,35)25-12-10-22(37-25)21-9-11-23(27)36-21/h9-12,19-20,28H,3-8,13-18H2,1-2H3. The van der Waals surface area contributed by atoms with Gasteiger partial charge >= 0.3 is 0 Å². The molecular formula is C26H37ClN4O4S3. The number of sulfonamides is 1. The van der Waals surface area contributed by atoms with E-state index in [2.05, 4.69) is 23.5 Å². The van der Waals surface area contributed by atoms with Crippen molar-refractivity contribution in [1.82, 2.24) is 19.4 Å². The molecule has 0 bridgehead atoms. The van der Waals surface area contributed by atoms with E-state index in [1.54, 1.807) is 18.2 Å². The van der Waals surface area contributed by atoms with Crippen LogP contribution in [-0.4, -0.2) is 86.3 Å². The average molecular weight is 601 g/mol. The Labute approximate surface area is 239 Å². The van der Waals surface area contributed by atoms with E-state index >= 15 is 0 Å². The number of nitrogens with one attached hydrogen (secondary N) is 1. The Kier molecular flexibility index (Phi) is 10.3. The van der Waals surface area contributed by atoms with Gasteiger partial charge in [0.25, 0.3) is 10.0 Å². The van der Waals surface area contributed by atoms with Gasteiger partial charge in [-0.15, -0.1) is 22.7 Å². The minimum atomic E-state index is -3.88. The van der Waals surface area contributed by atoms with Crippen LogP contribution in [0.2, 0.25) is 4.34 Å². The van der Waals surface area contributed by atoms with Gasteiger partial charge in [0.05, 0.1) is 10.9 Å². The zero-order chi connectivity index (χ0) is 27.3. The summed E-state index contributed by atoms with van der Waals surface area (Å²) in [5, 5.41) is 0. The molecule has 38 heavy (non-hydrogen) atoms. The van der Waals surface area contributed by atoms with Crippen LogP contribution in [0.3, 0.4) is 0 Å². The van der Waals surface area contributed by atoms with Crippen molar-refractivity contribution < 1.29 is 18.0 Å². The predicted octanol–water partition coefficient (Wildman–Crippen LogP) is 4.51. The van der Waals surface area contributed by atoms with Crippen molar-refractivity contribution in [3.05, 3.63) is 28.6 Å². The first kappa shape index (κ1) is 29.5. The van der Waals surface area contributed by atoms with E-state index in [0.717, 1.165) is 66.4 Å². The van der Waals surface area contributed by atoms with Crippen LogP contribution in [0.5, 0.6) is 0 Å². The van der Waals surface area contributed by atoms with Crippen LogP contribution in [0, 0.1) is 0 Å². The van der Waals surface area contributed by atoms with E-state index in [1.807, 2.05) is 11.0 Å². The maximum atomic E-state index is 13.3. The van der Waals surface area contributed by atoms with Crippen molar-refractivity contribution in [1.29, 1.82) is 0 Å². The van der Waals surface area contributed by atoms with E-state index in [0.29, 0.717) is 30.3 Å². The van der Waals surface area contributed by atoms with E-state index in [9.17, 15) is 18.0 Å². The molecule has 8 nitrogen and oxygen atoms in total. The van der Waals surface area contributed by atoms with E-state index < -0.39 is 16.1 Å². The first-order valence-corrected chi connectivity index (χ1v) is 16.9. The van der Waals surface area contributed by atoms with Gasteiger partial charge in [0, 0.05) is 35.4 Å². The van der Waals surface area contributed by atoms with Crippen molar-refractivity contribution in [3.63, 3.8) is 0 Å². The quantitative estimate of drug-likeness (QED) is 0.387. The summed E-state index contributed by atoms with van der Waals surface area (Å²) < 4.78 is 29.6. The van der Waals surface area contributed by atoms with Gasteiger partial charge in [-0.25, -0.2) is 8.42 Å². The summed E-state index contributed by atoms with van der Waals surface area (Å²) >= 11 is 8.55. The van der Waals surface area contributed by atoms with Crippen LogP contribution in [0.4, 0.5) is 0 Å². The van der Waals surface area contributed by atoms with Gasteiger partial charge in [-0.05, 0) is 75.9 Å². The molecule has 2 atom stereocenters. The normalized spacial score (nSPS) is 20.6. The summed E-state index contributed by atoms with van der Waals surface area (Å²) in [7, 11) is -3.88. The minimum Gasteiger partial charge on any atom is -0.337 e. The molecule has 0 radical (unpaired) electrons. The Morgan fingerprint density at radius 1 is 1.05 bits per heavy atom. The highest BCUT2D eigenvalue weighted by atomic mass is 35.5. The van der Waals surface area contributed by atoms with Crippen LogP contribution in [0.15, 0.2) is 28.5 Å². The van der Waals surface area contributed by atoms with E-state index in [4.69, 9.17) is 11.6 Å². The molecule has 0 aromatic carbocycles. The van der Waals surface area contributed by atoms with Crippen LogP contribution in [0.25, 0.3) is 9.75 Å². The van der Waals surface area contributed by atoms with Gasteiger partial charge in [-0.1, -0.05) is 25.4 Å². The van der Waals surface area contributed by atoms with Gasteiger partial charge in [0.1, 0.15) is 10.3 Å². The lowest BCUT2D eigenvalue weighted by Gasteiger charge is -2.35. The third kappa shape index (κ3) is 7.17. The molecule has 2 amide bonds. The highest BCUT2D eigenvalue weighted by Crippen LogP contribution is 2.37. The summed E-state index contributed by atoms with van der Waals surface area (Å²) in [6, 6.07) is 6.24. The number of thiophene rings is 2. The zero-order valence-electron chi connectivity index (χ0n) is 22.0. The van der Waals surface area contributed by atoms with Crippen molar-refractivity contribution in [2.24, 2.45) is 0 Å². The first-order valence-electron chi connectivity index (χ1n) is 13.4. The Morgan fingerprint density at radius 2 is 1.74 bits per heavy atom. The number of halogens is 1. The third-order valence-electron chi connectivity index (χ3n) is 7.06. The van der Waals surface area contributed by atoms with Gasteiger partial charge < -0.3 is 14.7 Å². The summed E-state index contributed by atoms with van der Waals surface area (Å²) in [6.45, 7) is 8.41. The molecule has 4 heterocycles. The second kappa shape index (κ2) is 13.2. The summed E-state index contributed by atoms with van der Waals surface area (Å²) in [5.41, 5.74) is 0. The number of carbonyl (C=O) groups is 2. The first-order chi connectivity index (χ1) is 18.2. The number of carbonyl (C=O) groups excluding carboxylic acids is 2. The number of nitrogens with zero attached hydrogens (tertiary/aromatic N) is 3. The number of piperidine rings is 1. The second-order valence-electron chi connectivity index (χ2n) is 9.98. The molecule has 2 aliphatic rings. The van der Waals surface area contributed by atoms with Gasteiger partial charge in [0.15, 0.2) is 0 Å². The molecule has 12 heteroatoms.